The summed E-state index contributed by atoms with van der Waals surface area (Å²) in [5.41, 5.74) is 0.640. The number of carboxylic acids is 1. The van der Waals surface area contributed by atoms with Crippen molar-refractivity contribution in [1.82, 2.24) is 0 Å². The molecule has 0 bridgehead atoms. The zero-order valence-electron chi connectivity index (χ0n) is 11.6. The Hall–Kier alpha value is -2.50. The minimum absolute atomic E-state index is 0.0222. The molecule has 2 rings (SSSR count). The number of rotatable bonds is 6. The summed E-state index contributed by atoms with van der Waals surface area (Å²) in [6, 6.07) is 8.80. The van der Waals surface area contributed by atoms with Crippen molar-refractivity contribution in [2.24, 2.45) is 0 Å². The molecular weight excluding hydrogens is 295 g/mol. The number of carbonyl (C=O) groups is 1. The van der Waals surface area contributed by atoms with Crippen molar-refractivity contribution in [3.63, 3.8) is 0 Å². The number of hydrogen-bond acceptors (Lipinski definition) is 2. The fraction of sp³-hybridized carbons (Fsp3) is 0.188. The molecule has 0 aliphatic heterocycles. The topological polar surface area (TPSA) is 40.5 Å². The average Bonchev–Trinajstić information content (AvgIpc) is 2.44. The van der Waals surface area contributed by atoms with E-state index in [0.717, 1.165) is 12.1 Å². The maximum absolute atomic E-state index is 13.9. The van der Waals surface area contributed by atoms with Crippen molar-refractivity contribution in [3.05, 3.63) is 65.5 Å². The first-order valence-corrected chi connectivity index (χ1v) is 6.62. The molecule has 0 fully saturated rings. The highest BCUT2D eigenvalue weighted by molar-refractivity contribution is 5.67. The summed E-state index contributed by atoms with van der Waals surface area (Å²) in [6.45, 7) is 0.141. The Labute approximate surface area is 125 Å². The molecule has 0 saturated carbocycles. The van der Waals surface area contributed by atoms with Crippen molar-refractivity contribution >= 4 is 11.7 Å². The van der Waals surface area contributed by atoms with Crippen LogP contribution in [0.2, 0.25) is 0 Å². The Morgan fingerprint density at radius 1 is 1.05 bits per heavy atom. The van der Waals surface area contributed by atoms with Crippen LogP contribution >= 0.6 is 0 Å². The van der Waals surface area contributed by atoms with Crippen molar-refractivity contribution in [2.45, 2.75) is 13.0 Å². The number of nitrogens with zero attached hydrogens (tertiary/aromatic N) is 1. The second-order valence-corrected chi connectivity index (χ2v) is 4.79. The molecule has 6 heteroatoms. The highest BCUT2D eigenvalue weighted by atomic mass is 19.1. The average molecular weight is 309 g/mol. The van der Waals surface area contributed by atoms with Gasteiger partial charge in [-0.05, 0) is 29.8 Å². The number of aliphatic carboxylic acids is 1. The monoisotopic (exact) mass is 309 g/mol. The fourth-order valence-corrected chi connectivity index (χ4v) is 2.11. The van der Waals surface area contributed by atoms with Crippen molar-refractivity contribution in [3.8, 4) is 0 Å². The van der Waals surface area contributed by atoms with Crippen LogP contribution in [0.1, 0.15) is 12.0 Å². The highest BCUT2D eigenvalue weighted by Gasteiger charge is 2.14. The Balaban J connectivity index is 2.27. The van der Waals surface area contributed by atoms with Crippen LogP contribution in [0, 0.1) is 17.5 Å². The second-order valence-electron chi connectivity index (χ2n) is 4.79. The zero-order chi connectivity index (χ0) is 16.1. The van der Waals surface area contributed by atoms with Gasteiger partial charge in [-0.2, -0.15) is 0 Å². The molecule has 2 aromatic carbocycles. The summed E-state index contributed by atoms with van der Waals surface area (Å²) in [4.78, 5) is 12.2. The molecule has 0 aliphatic carbocycles. The van der Waals surface area contributed by atoms with E-state index in [1.807, 2.05) is 0 Å². The van der Waals surface area contributed by atoms with Gasteiger partial charge in [0.05, 0.1) is 12.1 Å². The van der Waals surface area contributed by atoms with E-state index in [1.54, 1.807) is 6.07 Å². The summed E-state index contributed by atoms with van der Waals surface area (Å²) < 4.78 is 40.1. The largest absolute Gasteiger partial charge is 0.481 e. The number of hydrogen-bond donors (Lipinski definition) is 1. The molecule has 0 radical (unpaired) electrons. The van der Waals surface area contributed by atoms with E-state index < -0.39 is 23.4 Å². The van der Waals surface area contributed by atoms with Crippen molar-refractivity contribution < 1.29 is 23.1 Å². The predicted octanol–water partition coefficient (Wildman–Crippen LogP) is 3.59. The first-order chi connectivity index (χ1) is 10.5. The van der Waals surface area contributed by atoms with Gasteiger partial charge in [0.25, 0.3) is 0 Å². The lowest BCUT2D eigenvalue weighted by molar-refractivity contribution is -0.136. The Bertz CT molecular complexity index is 676. The maximum atomic E-state index is 13.9. The van der Waals surface area contributed by atoms with E-state index in [2.05, 4.69) is 0 Å². The van der Waals surface area contributed by atoms with Gasteiger partial charge in [-0.1, -0.05) is 12.1 Å². The standard InChI is InChI=1S/C16H14F3NO2/c17-12-3-1-2-11(8-12)10-20(7-6-16(21)22)15-5-4-13(18)9-14(15)19/h1-5,8-9H,6-7,10H2,(H,21,22). The van der Waals surface area contributed by atoms with Gasteiger partial charge >= 0.3 is 5.97 Å². The van der Waals surface area contributed by atoms with Crippen LogP contribution in [0.15, 0.2) is 42.5 Å². The Morgan fingerprint density at radius 3 is 2.41 bits per heavy atom. The van der Waals surface area contributed by atoms with Gasteiger partial charge in [-0.25, -0.2) is 13.2 Å². The Morgan fingerprint density at radius 2 is 1.77 bits per heavy atom. The van der Waals surface area contributed by atoms with Gasteiger partial charge in [0.2, 0.25) is 0 Å². The smallest absolute Gasteiger partial charge is 0.305 e. The molecule has 0 unspecified atom stereocenters. The van der Waals surface area contributed by atoms with E-state index in [1.165, 1.54) is 29.2 Å². The lowest BCUT2D eigenvalue weighted by atomic mass is 10.1. The molecule has 0 amide bonds. The number of halogens is 3. The third-order valence-corrected chi connectivity index (χ3v) is 3.11. The fourth-order valence-electron chi connectivity index (χ4n) is 2.11. The molecule has 0 heterocycles. The Kier molecular flexibility index (Phi) is 5.04. The van der Waals surface area contributed by atoms with E-state index in [0.29, 0.717) is 5.56 Å². The molecule has 0 saturated heterocycles. The molecule has 3 nitrogen and oxygen atoms in total. The van der Waals surface area contributed by atoms with E-state index >= 15 is 0 Å². The van der Waals surface area contributed by atoms with Gasteiger partial charge in [0.15, 0.2) is 0 Å². The van der Waals surface area contributed by atoms with Crippen LogP contribution in [-0.2, 0) is 11.3 Å². The lowest BCUT2D eigenvalue weighted by Crippen LogP contribution is -2.26. The van der Waals surface area contributed by atoms with Gasteiger partial charge < -0.3 is 10.0 Å². The second kappa shape index (κ2) is 6.98. The quantitative estimate of drug-likeness (QED) is 0.886. The first-order valence-electron chi connectivity index (χ1n) is 6.62. The van der Waals surface area contributed by atoms with Gasteiger partial charge in [0, 0.05) is 19.2 Å². The van der Waals surface area contributed by atoms with Crippen LogP contribution in [0.5, 0.6) is 0 Å². The van der Waals surface area contributed by atoms with Crippen LogP contribution in [0.4, 0.5) is 18.9 Å². The van der Waals surface area contributed by atoms with Crippen LogP contribution in [0.25, 0.3) is 0 Å². The summed E-state index contributed by atoms with van der Waals surface area (Å²) >= 11 is 0. The van der Waals surface area contributed by atoms with E-state index in [-0.39, 0.29) is 25.2 Å². The van der Waals surface area contributed by atoms with Gasteiger partial charge in [0.1, 0.15) is 17.5 Å². The van der Waals surface area contributed by atoms with E-state index in [9.17, 15) is 18.0 Å². The summed E-state index contributed by atoms with van der Waals surface area (Å²) in [6.07, 6.45) is -0.216. The lowest BCUT2D eigenvalue weighted by Gasteiger charge is -2.25. The van der Waals surface area contributed by atoms with Crippen LogP contribution < -0.4 is 4.90 Å². The van der Waals surface area contributed by atoms with Crippen molar-refractivity contribution in [1.29, 1.82) is 0 Å². The summed E-state index contributed by atoms with van der Waals surface area (Å²) in [5, 5.41) is 8.79. The van der Waals surface area contributed by atoms with Gasteiger partial charge in [-0.15, -0.1) is 0 Å². The molecule has 0 spiro atoms. The molecule has 2 aromatic rings. The molecule has 0 aromatic heterocycles. The molecule has 116 valence electrons. The predicted molar refractivity (Wildman–Crippen MR) is 76.1 cm³/mol. The minimum atomic E-state index is -1.04. The van der Waals surface area contributed by atoms with Gasteiger partial charge in [-0.3, -0.25) is 4.79 Å². The number of carboxylic acid groups (broad SMARTS) is 1. The molecule has 1 N–H and O–H groups in total. The van der Waals surface area contributed by atoms with Crippen molar-refractivity contribution in [2.75, 3.05) is 11.4 Å². The molecule has 0 aliphatic rings. The maximum Gasteiger partial charge on any atom is 0.305 e. The summed E-state index contributed by atoms with van der Waals surface area (Å²) in [7, 11) is 0. The third-order valence-electron chi connectivity index (χ3n) is 3.11. The zero-order valence-corrected chi connectivity index (χ0v) is 11.6. The highest BCUT2D eigenvalue weighted by Crippen LogP contribution is 2.22. The normalized spacial score (nSPS) is 10.5. The van der Waals surface area contributed by atoms with Crippen LogP contribution in [-0.4, -0.2) is 17.6 Å². The molecular formula is C16H14F3NO2. The number of anilines is 1. The molecule has 22 heavy (non-hydrogen) atoms. The summed E-state index contributed by atoms with van der Waals surface area (Å²) in [5.74, 6) is -2.98. The molecule has 0 atom stereocenters. The van der Waals surface area contributed by atoms with Crippen LogP contribution in [0.3, 0.4) is 0 Å². The SMILES string of the molecule is O=C(O)CCN(Cc1cccc(F)c1)c1ccc(F)cc1F. The third kappa shape index (κ3) is 4.25. The number of benzene rings is 2. The first kappa shape index (κ1) is 15.9. The van der Waals surface area contributed by atoms with E-state index in [4.69, 9.17) is 5.11 Å². The minimum Gasteiger partial charge on any atom is -0.481 e.